The van der Waals surface area contributed by atoms with Gasteiger partial charge in [-0.3, -0.25) is 4.79 Å². The summed E-state index contributed by atoms with van der Waals surface area (Å²) in [7, 11) is 0. The van der Waals surface area contributed by atoms with Crippen molar-refractivity contribution in [3.05, 3.63) is 64.4 Å². The summed E-state index contributed by atoms with van der Waals surface area (Å²) in [6, 6.07) is 10.7. The number of Topliss-reactive ketones (excluding diaryl/α,β-unsaturated/α-hetero) is 1. The minimum atomic E-state index is -0.326. The van der Waals surface area contributed by atoms with Crippen molar-refractivity contribution in [1.29, 1.82) is 0 Å². The predicted molar refractivity (Wildman–Crippen MR) is 70.3 cm³/mol. The van der Waals surface area contributed by atoms with Crippen LogP contribution in [0.1, 0.15) is 15.9 Å². The fraction of sp³-hybridized carbons (Fsp3) is 0.0714. The summed E-state index contributed by atoms with van der Waals surface area (Å²) in [5, 5.41) is 0.268. The molecule has 0 atom stereocenters. The van der Waals surface area contributed by atoms with E-state index in [9.17, 15) is 9.18 Å². The standard InChI is InChI=1S/C14H11ClFNO/c15-14-11(2-1-3-12(14)17)13(18)8-9-4-6-10(16)7-5-9/h1-7H,8,17H2. The van der Waals surface area contributed by atoms with Gasteiger partial charge in [0.1, 0.15) is 5.82 Å². The number of benzene rings is 2. The molecule has 2 aromatic rings. The lowest BCUT2D eigenvalue weighted by atomic mass is 10.0. The molecule has 0 radical (unpaired) electrons. The zero-order chi connectivity index (χ0) is 13.1. The first-order valence-corrected chi connectivity index (χ1v) is 5.77. The fourth-order valence-corrected chi connectivity index (χ4v) is 1.88. The molecule has 0 fully saturated rings. The summed E-state index contributed by atoms with van der Waals surface area (Å²) in [4.78, 5) is 12.0. The van der Waals surface area contributed by atoms with Crippen LogP contribution in [0.5, 0.6) is 0 Å². The maximum absolute atomic E-state index is 12.7. The number of anilines is 1. The third-order valence-electron chi connectivity index (χ3n) is 2.61. The van der Waals surface area contributed by atoms with Crippen LogP contribution in [0.4, 0.5) is 10.1 Å². The fourth-order valence-electron chi connectivity index (χ4n) is 1.65. The van der Waals surface area contributed by atoms with Crippen molar-refractivity contribution in [3.63, 3.8) is 0 Å². The zero-order valence-corrected chi connectivity index (χ0v) is 10.2. The number of carbonyl (C=O) groups is 1. The van der Waals surface area contributed by atoms with Gasteiger partial charge in [0.25, 0.3) is 0 Å². The van der Waals surface area contributed by atoms with E-state index in [0.29, 0.717) is 11.3 Å². The first-order valence-electron chi connectivity index (χ1n) is 5.39. The quantitative estimate of drug-likeness (QED) is 0.680. The maximum atomic E-state index is 12.7. The first-order chi connectivity index (χ1) is 8.58. The molecular weight excluding hydrogens is 253 g/mol. The van der Waals surface area contributed by atoms with Crippen molar-refractivity contribution in [2.45, 2.75) is 6.42 Å². The average Bonchev–Trinajstić information content (AvgIpc) is 2.35. The average molecular weight is 264 g/mol. The number of hydrogen-bond acceptors (Lipinski definition) is 2. The Morgan fingerprint density at radius 2 is 1.83 bits per heavy atom. The van der Waals surface area contributed by atoms with E-state index in [0.717, 1.165) is 5.56 Å². The second-order valence-corrected chi connectivity index (χ2v) is 4.31. The SMILES string of the molecule is Nc1cccc(C(=O)Cc2ccc(F)cc2)c1Cl. The van der Waals surface area contributed by atoms with Gasteiger partial charge in [0.2, 0.25) is 0 Å². The molecule has 92 valence electrons. The molecule has 0 heterocycles. The van der Waals surface area contributed by atoms with Crippen molar-refractivity contribution < 1.29 is 9.18 Å². The summed E-state index contributed by atoms with van der Waals surface area (Å²) < 4.78 is 12.7. The van der Waals surface area contributed by atoms with E-state index in [4.69, 9.17) is 17.3 Å². The van der Waals surface area contributed by atoms with E-state index in [-0.39, 0.29) is 23.0 Å². The van der Waals surface area contributed by atoms with Gasteiger partial charge in [0, 0.05) is 12.0 Å². The summed E-state index contributed by atoms with van der Waals surface area (Å²) in [5.74, 6) is -0.466. The number of nitrogen functional groups attached to an aromatic ring is 1. The Hall–Kier alpha value is -1.87. The third kappa shape index (κ3) is 2.68. The summed E-state index contributed by atoms with van der Waals surface area (Å²) in [5.41, 5.74) is 7.14. The number of halogens is 2. The second-order valence-electron chi connectivity index (χ2n) is 3.94. The number of hydrogen-bond donors (Lipinski definition) is 1. The molecule has 0 amide bonds. The van der Waals surface area contributed by atoms with Crippen LogP contribution in [-0.2, 0) is 6.42 Å². The van der Waals surface area contributed by atoms with Crippen LogP contribution in [0.25, 0.3) is 0 Å². The molecule has 0 bridgehead atoms. The van der Waals surface area contributed by atoms with Crippen molar-refractivity contribution >= 4 is 23.1 Å². The molecule has 2 N–H and O–H groups in total. The van der Waals surface area contributed by atoms with Crippen LogP contribution in [0.2, 0.25) is 5.02 Å². The second kappa shape index (κ2) is 5.19. The van der Waals surface area contributed by atoms with E-state index in [1.165, 1.54) is 12.1 Å². The molecular formula is C14H11ClFNO. The Morgan fingerprint density at radius 3 is 2.50 bits per heavy atom. The van der Waals surface area contributed by atoms with Crippen LogP contribution in [0.15, 0.2) is 42.5 Å². The molecule has 0 aromatic heterocycles. The van der Waals surface area contributed by atoms with Gasteiger partial charge in [-0.1, -0.05) is 29.8 Å². The molecule has 4 heteroatoms. The van der Waals surface area contributed by atoms with Gasteiger partial charge in [-0.25, -0.2) is 4.39 Å². The topological polar surface area (TPSA) is 43.1 Å². The van der Waals surface area contributed by atoms with Gasteiger partial charge in [-0.2, -0.15) is 0 Å². The number of carbonyl (C=O) groups excluding carboxylic acids is 1. The van der Waals surface area contributed by atoms with E-state index >= 15 is 0 Å². The van der Waals surface area contributed by atoms with E-state index in [1.807, 2.05) is 0 Å². The maximum Gasteiger partial charge on any atom is 0.168 e. The minimum Gasteiger partial charge on any atom is -0.398 e. The van der Waals surface area contributed by atoms with Crippen molar-refractivity contribution in [3.8, 4) is 0 Å². The molecule has 0 saturated heterocycles. The predicted octanol–water partition coefficient (Wildman–Crippen LogP) is 3.49. The molecule has 0 unspecified atom stereocenters. The van der Waals surface area contributed by atoms with Crippen molar-refractivity contribution in [2.24, 2.45) is 0 Å². The molecule has 0 aliphatic carbocycles. The minimum absolute atomic E-state index is 0.140. The van der Waals surface area contributed by atoms with Crippen LogP contribution in [0, 0.1) is 5.82 Å². The molecule has 18 heavy (non-hydrogen) atoms. The summed E-state index contributed by atoms with van der Waals surface area (Å²) >= 11 is 5.97. The Balaban J connectivity index is 2.22. The third-order valence-corrected chi connectivity index (χ3v) is 3.03. The van der Waals surface area contributed by atoms with Gasteiger partial charge in [0.05, 0.1) is 10.7 Å². The smallest absolute Gasteiger partial charge is 0.168 e. The molecule has 2 nitrogen and oxygen atoms in total. The largest absolute Gasteiger partial charge is 0.398 e. The van der Waals surface area contributed by atoms with Gasteiger partial charge >= 0.3 is 0 Å². The van der Waals surface area contributed by atoms with Gasteiger partial charge in [0.15, 0.2) is 5.78 Å². The summed E-state index contributed by atoms with van der Waals surface area (Å²) in [6.07, 6.45) is 0.170. The zero-order valence-electron chi connectivity index (χ0n) is 9.49. The van der Waals surface area contributed by atoms with E-state index in [2.05, 4.69) is 0 Å². The van der Waals surface area contributed by atoms with Crippen LogP contribution < -0.4 is 5.73 Å². The van der Waals surface area contributed by atoms with Gasteiger partial charge < -0.3 is 5.73 Å². The Kier molecular flexibility index (Phi) is 3.63. The van der Waals surface area contributed by atoms with Crippen molar-refractivity contribution in [1.82, 2.24) is 0 Å². The van der Waals surface area contributed by atoms with Crippen LogP contribution in [-0.4, -0.2) is 5.78 Å². The number of ketones is 1. The molecule has 0 aliphatic heterocycles. The number of nitrogens with two attached hydrogens (primary N) is 1. The van der Waals surface area contributed by atoms with E-state index < -0.39 is 0 Å². The monoisotopic (exact) mass is 263 g/mol. The lowest BCUT2D eigenvalue weighted by Gasteiger charge is -2.05. The number of rotatable bonds is 3. The van der Waals surface area contributed by atoms with Crippen LogP contribution in [0.3, 0.4) is 0 Å². The van der Waals surface area contributed by atoms with E-state index in [1.54, 1.807) is 30.3 Å². The highest BCUT2D eigenvalue weighted by molar-refractivity contribution is 6.36. The highest BCUT2D eigenvalue weighted by Gasteiger charge is 2.12. The van der Waals surface area contributed by atoms with Crippen molar-refractivity contribution in [2.75, 3.05) is 5.73 Å². The van der Waals surface area contributed by atoms with Gasteiger partial charge in [-0.15, -0.1) is 0 Å². The lowest BCUT2D eigenvalue weighted by molar-refractivity contribution is 0.0993. The first kappa shape index (κ1) is 12.6. The normalized spacial score (nSPS) is 10.3. The highest BCUT2D eigenvalue weighted by Crippen LogP contribution is 2.24. The molecule has 0 aliphatic rings. The van der Waals surface area contributed by atoms with Crippen LogP contribution >= 0.6 is 11.6 Å². The lowest BCUT2D eigenvalue weighted by Crippen LogP contribution is -2.05. The Bertz CT molecular complexity index is 581. The molecule has 0 saturated carbocycles. The molecule has 0 spiro atoms. The Morgan fingerprint density at radius 1 is 1.17 bits per heavy atom. The van der Waals surface area contributed by atoms with Gasteiger partial charge in [-0.05, 0) is 29.8 Å². The Labute approximate surface area is 109 Å². The highest BCUT2D eigenvalue weighted by atomic mass is 35.5. The molecule has 2 aromatic carbocycles. The summed E-state index contributed by atoms with van der Waals surface area (Å²) in [6.45, 7) is 0. The molecule has 2 rings (SSSR count).